The summed E-state index contributed by atoms with van der Waals surface area (Å²) in [5.41, 5.74) is 4.81. The first-order valence-corrected chi connectivity index (χ1v) is 6.44. The maximum Gasteiger partial charge on any atom is 0.422 e. The third-order valence-electron chi connectivity index (χ3n) is 1.48. The van der Waals surface area contributed by atoms with Gasteiger partial charge in [-0.05, 0) is 48.8 Å². The molecule has 4 nitrogen and oxygen atoms in total. The molecule has 1 amide bonds. The lowest BCUT2D eigenvalue weighted by Gasteiger charge is -2.19. The van der Waals surface area contributed by atoms with E-state index < -0.39 is 11.7 Å². The van der Waals surface area contributed by atoms with E-state index in [4.69, 9.17) is 4.74 Å². The maximum absolute atomic E-state index is 11.3. The Kier molecular flexibility index (Phi) is 4.76. The van der Waals surface area contributed by atoms with Gasteiger partial charge in [-0.3, -0.25) is 5.43 Å². The molecule has 0 radical (unpaired) electrons. The molecule has 0 aliphatic heterocycles. The van der Waals surface area contributed by atoms with Crippen LogP contribution in [-0.2, 0) is 11.3 Å². The van der Waals surface area contributed by atoms with Gasteiger partial charge in [-0.2, -0.15) is 0 Å². The van der Waals surface area contributed by atoms with Crippen LogP contribution in [-0.4, -0.2) is 11.7 Å². The van der Waals surface area contributed by atoms with Crippen molar-refractivity contribution in [1.82, 2.24) is 10.9 Å². The highest BCUT2D eigenvalue weighted by Gasteiger charge is 2.15. The molecule has 0 aromatic carbocycles. The highest BCUT2D eigenvalue weighted by molar-refractivity contribution is 9.11. The standard InChI is InChI=1S/C10H15BrN2O2S/c1-10(2,3)15-9(14)13-12-6-7-4-5-8(11)16-7/h4-5,12H,6H2,1-3H3,(H,13,14). The van der Waals surface area contributed by atoms with Crippen molar-refractivity contribution in [2.45, 2.75) is 32.9 Å². The molecule has 0 fully saturated rings. The van der Waals surface area contributed by atoms with E-state index in [-0.39, 0.29) is 0 Å². The molecule has 0 atom stereocenters. The maximum atomic E-state index is 11.3. The second-order valence-corrected chi connectivity index (χ2v) is 6.73. The SMILES string of the molecule is CC(C)(C)OC(=O)NNCc1ccc(Br)s1. The van der Waals surface area contributed by atoms with Gasteiger partial charge in [-0.25, -0.2) is 10.2 Å². The molecule has 0 aliphatic carbocycles. The summed E-state index contributed by atoms with van der Waals surface area (Å²) in [6.07, 6.45) is -0.469. The van der Waals surface area contributed by atoms with Gasteiger partial charge >= 0.3 is 6.09 Å². The topological polar surface area (TPSA) is 50.4 Å². The Labute approximate surface area is 107 Å². The monoisotopic (exact) mass is 306 g/mol. The second-order valence-electron chi connectivity index (χ2n) is 4.19. The lowest BCUT2D eigenvalue weighted by Crippen LogP contribution is -2.40. The Bertz CT molecular complexity index is 360. The normalized spacial score (nSPS) is 11.2. The van der Waals surface area contributed by atoms with Gasteiger partial charge in [0, 0.05) is 11.4 Å². The number of thiophene rings is 1. The van der Waals surface area contributed by atoms with Crippen LogP contribution in [0.25, 0.3) is 0 Å². The van der Waals surface area contributed by atoms with E-state index in [0.29, 0.717) is 6.54 Å². The van der Waals surface area contributed by atoms with E-state index >= 15 is 0 Å². The van der Waals surface area contributed by atoms with Crippen LogP contribution < -0.4 is 10.9 Å². The van der Waals surface area contributed by atoms with Gasteiger partial charge in [0.25, 0.3) is 0 Å². The molecule has 0 spiro atoms. The molecule has 1 heterocycles. The van der Waals surface area contributed by atoms with Crippen LogP contribution >= 0.6 is 27.3 Å². The van der Waals surface area contributed by atoms with Gasteiger partial charge in [-0.15, -0.1) is 11.3 Å². The van der Waals surface area contributed by atoms with Gasteiger partial charge in [0.2, 0.25) is 0 Å². The minimum atomic E-state index is -0.474. The number of amides is 1. The molecule has 6 heteroatoms. The minimum absolute atomic E-state index is 0.469. The van der Waals surface area contributed by atoms with E-state index in [2.05, 4.69) is 26.8 Å². The molecule has 0 saturated carbocycles. The number of ether oxygens (including phenoxy) is 1. The second kappa shape index (κ2) is 5.65. The average Bonchev–Trinajstić information content (AvgIpc) is 2.48. The molecule has 1 rings (SSSR count). The number of halogens is 1. The summed E-state index contributed by atoms with van der Waals surface area (Å²) < 4.78 is 6.13. The molecular formula is C10H15BrN2O2S. The summed E-state index contributed by atoms with van der Waals surface area (Å²) in [6.45, 7) is 6.05. The van der Waals surface area contributed by atoms with Crippen molar-refractivity contribution in [3.8, 4) is 0 Å². The molecule has 0 bridgehead atoms. The lowest BCUT2D eigenvalue weighted by atomic mass is 10.2. The number of nitrogens with one attached hydrogen (secondary N) is 2. The molecule has 2 N–H and O–H groups in total. The number of rotatable bonds is 3. The number of carbonyl (C=O) groups is 1. The predicted molar refractivity (Wildman–Crippen MR) is 68.2 cm³/mol. The Hall–Kier alpha value is -0.590. The third kappa shape index (κ3) is 5.48. The highest BCUT2D eigenvalue weighted by atomic mass is 79.9. The van der Waals surface area contributed by atoms with E-state index in [1.165, 1.54) is 0 Å². The first-order valence-electron chi connectivity index (χ1n) is 4.83. The van der Waals surface area contributed by atoms with Gasteiger partial charge in [0.05, 0.1) is 3.79 Å². The summed E-state index contributed by atoms with van der Waals surface area (Å²) in [5, 5.41) is 0. The van der Waals surface area contributed by atoms with Crippen LogP contribution in [0.15, 0.2) is 15.9 Å². The number of hydrogen-bond acceptors (Lipinski definition) is 4. The third-order valence-corrected chi connectivity index (χ3v) is 3.10. The van der Waals surface area contributed by atoms with E-state index in [1.807, 2.05) is 32.9 Å². The van der Waals surface area contributed by atoms with Crippen molar-refractivity contribution < 1.29 is 9.53 Å². The summed E-state index contributed by atoms with van der Waals surface area (Å²) >= 11 is 4.99. The van der Waals surface area contributed by atoms with Crippen molar-refractivity contribution in [3.63, 3.8) is 0 Å². The summed E-state index contributed by atoms with van der Waals surface area (Å²) in [7, 11) is 0. The first kappa shape index (κ1) is 13.5. The first-order chi connectivity index (χ1) is 7.37. The summed E-state index contributed by atoms with van der Waals surface area (Å²) in [6, 6.07) is 3.95. The Balaban J connectivity index is 2.23. The molecule has 0 saturated heterocycles. The van der Waals surface area contributed by atoms with E-state index in [0.717, 1.165) is 8.66 Å². The van der Waals surface area contributed by atoms with Crippen LogP contribution in [0.2, 0.25) is 0 Å². The smallest absolute Gasteiger partial charge is 0.422 e. The zero-order valence-corrected chi connectivity index (χ0v) is 11.9. The van der Waals surface area contributed by atoms with Crippen LogP contribution in [0, 0.1) is 0 Å². The van der Waals surface area contributed by atoms with Crippen molar-refractivity contribution in [2.75, 3.05) is 0 Å². The van der Waals surface area contributed by atoms with Crippen molar-refractivity contribution in [2.24, 2.45) is 0 Å². The van der Waals surface area contributed by atoms with Crippen LogP contribution in [0.3, 0.4) is 0 Å². The van der Waals surface area contributed by atoms with Crippen molar-refractivity contribution in [3.05, 3.63) is 20.8 Å². The molecule has 90 valence electrons. The van der Waals surface area contributed by atoms with Crippen LogP contribution in [0.5, 0.6) is 0 Å². The number of hydrazine groups is 1. The van der Waals surface area contributed by atoms with E-state index in [1.54, 1.807) is 11.3 Å². The summed E-state index contributed by atoms with van der Waals surface area (Å²) in [5.74, 6) is 0. The fraction of sp³-hybridized carbons (Fsp3) is 0.500. The molecule has 0 unspecified atom stereocenters. The molecule has 16 heavy (non-hydrogen) atoms. The molecular weight excluding hydrogens is 292 g/mol. The number of hydrogen-bond donors (Lipinski definition) is 2. The average molecular weight is 307 g/mol. The van der Waals surface area contributed by atoms with Gasteiger partial charge in [0.1, 0.15) is 5.60 Å². The Morgan fingerprint density at radius 1 is 1.50 bits per heavy atom. The van der Waals surface area contributed by atoms with Crippen LogP contribution in [0.4, 0.5) is 4.79 Å². The predicted octanol–water partition coefficient (Wildman–Crippen LogP) is 3.04. The Morgan fingerprint density at radius 2 is 2.19 bits per heavy atom. The number of carbonyl (C=O) groups excluding carboxylic acids is 1. The van der Waals surface area contributed by atoms with Gasteiger partial charge in [-0.1, -0.05) is 0 Å². The van der Waals surface area contributed by atoms with Crippen LogP contribution in [0.1, 0.15) is 25.6 Å². The van der Waals surface area contributed by atoms with Gasteiger partial charge < -0.3 is 4.74 Å². The van der Waals surface area contributed by atoms with Crippen molar-refractivity contribution >= 4 is 33.4 Å². The Morgan fingerprint density at radius 3 is 2.69 bits per heavy atom. The zero-order chi connectivity index (χ0) is 12.2. The fourth-order valence-corrected chi connectivity index (χ4v) is 2.38. The van der Waals surface area contributed by atoms with Gasteiger partial charge in [0.15, 0.2) is 0 Å². The molecule has 1 aromatic rings. The molecule has 0 aliphatic rings. The minimum Gasteiger partial charge on any atom is -0.443 e. The lowest BCUT2D eigenvalue weighted by molar-refractivity contribution is 0.0497. The fourth-order valence-electron chi connectivity index (χ4n) is 0.954. The largest absolute Gasteiger partial charge is 0.443 e. The summed E-state index contributed by atoms with van der Waals surface area (Å²) in [4.78, 5) is 12.4. The highest BCUT2D eigenvalue weighted by Crippen LogP contribution is 2.21. The molecule has 1 aromatic heterocycles. The zero-order valence-electron chi connectivity index (χ0n) is 9.46. The quantitative estimate of drug-likeness (QED) is 0.844. The van der Waals surface area contributed by atoms with Crippen molar-refractivity contribution in [1.29, 1.82) is 0 Å². The van der Waals surface area contributed by atoms with E-state index in [9.17, 15) is 4.79 Å².